The molecule has 0 saturated carbocycles. The molecule has 1 rings (SSSR count). The van der Waals surface area contributed by atoms with Crippen LogP contribution in [-0.4, -0.2) is 13.1 Å². The van der Waals surface area contributed by atoms with Crippen molar-refractivity contribution in [2.75, 3.05) is 13.1 Å². The third-order valence-corrected chi connectivity index (χ3v) is 1.23. The lowest BCUT2D eigenvalue weighted by Crippen LogP contribution is -2.30. The van der Waals surface area contributed by atoms with Gasteiger partial charge in [-0.3, -0.25) is 10.9 Å². The SMILES string of the molecule is C1CCNNCC1.[S]. The molecule has 0 aromatic heterocycles. The number of nitrogens with one attached hydrogen (secondary N) is 2. The highest BCUT2D eigenvalue weighted by Crippen LogP contribution is 1.93. The van der Waals surface area contributed by atoms with E-state index in [4.69, 9.17) is 0 Å². The van der Waals surface area contributed by atoms with Crippen molar-refractivity contribution in [1.29, 1.82) is 0 Å². The maximum atomic E-state index is 3.10. The number of hydrogen-bond acceptors (Lipinski definition) is 2. The van der Waals surface area contributed by atoms with E-state index in [1.165, 1.54) is 19.3 Å². The minimum absolute atomic E-state index is 0. The van der Waals surface area contributed by atoms with Crippen LogP contribution in [0.5, 0.6) is 0 Å². The smallest absolute Gasteiger partial charge is 0.00997 e. The van der Waals surface area contributed by atoms with E-state index >= 15 is 0 Å². The van der Waals surface area contributed by atoms with Gasteiger partial charge in [-0.25, -0.2) is 0 Å². The molecule has 0 aromatic rings. The summed E-state index contributed by atoms with van der Waals surface area (Å²) in [5.41, 5.74) is 6.19. The summed E-state index contributed by atoms with van der Waals surface area (Å²) in [7, 11) is 0. The largest absolute Gasteiger partial charge is 0.258 e. The van der Waals surface area contributed by atoms with Crippen LogP contribution in [0.25, 0.3) is 0 Å². The average Bonchev–Trinajstić information content (AvgIpc) is 1.90. The second-order valence-corrected chi connectivity index (χ2v) is 1.91. The van der Waals surface area contributed by atoms with Gasteiger partial charge in [0.15, 0.2) is 0 Å². The van der Waals surface area contributed by atoms with Crippen molar-refractivity contribution in [1.82, 2.24) is 10.9 Å². The normalized spacial score (nSPS) is 21.0. The predicted molar refractivity (Wildman–Crippen MR) is 37.4 cm³/mol. The third-order valence-electron chi connectivity index (χ3n) is 1.23. The second-order valence-electron chi connectivity index (χ2n) is 1.91. The molecule has 2 nitrogen and oxygen atoms in total. The summed E-state index contributed by atoms with van der Waals surface area (Å²) in [6.07, 6.45) is 4.03. The summed E-state index contributed by atoms with van der Waals surface area (Å²) >= 11 is 0. The van der Waals surface area contributed by atoms with E-state index in [0.29, 0.717) is 0 Å². The van der Waals surface area contributed by atoms with E-state index in [1.807, 2.05) is 0 Å². The summed E-state index contributed by atoms with van der Waals surface area (Å²) in [5.74, 6) is 0. The molecule has 0 spiro atoms. The molecular formula is C5H12N2S. The van der Waals surface area contributed by atoms with E-state index in [9.17, 15) is 0 Å². The first kappa shape index (κ1) is 8.27. The standard InChI is InChI=1S/C5H12N2.S/c1-2-4-6-7-5-3-1;/h6-7H,1-5H2;. The summed E-state index contributed by atoms with van der Waals surface area (Å²) in [5, 5.41) is 0. The zero-order valence-corrected chi connectivity index (χ0v) is 5.76. The maximum absolute atomic E-state index is 3.10. The van der Waals surface area contributed by atoms with E-state index in [2.05, 4.69) is 10.9 Å². The molecule has 1 saturated heterocycles. The fraction of sp³-hybridized carbons (Fsp3) is 1.00. The van der Waals surface area contributed by atoms with Crippen molar-refractivity contribution >= 4 is 13.5 Å². The predicted octanol–water partition coefficient (Wildman–Crippen LogP) is 0.913. The molecule has 8 heavy (non-hydrogen) atoms. The van der Waals surface area contributed by atoms with Crippen LogP contribution in [0.4, 0.5) is 0 Å². The summed E-state index contributed by atoms with van der Waals surface area (Å²) in [6, 6.07) is 0. The van der Waals surface area contributed by atoms with Gasteiger partial charge in [-0.15, -0.1) is 0 Å². The average molecular weight is 132 g/mol. The molecule has 2 N–H and O–H groups in total. The van der Waals surface area contributed by atoms with Crippen molar-refractivity contribution in [2.45, 2.75) is 19.3 Å². The Labute approximate surface area is 57.5 Å². The van der Waals surface area contributed by atoms with Crippen molar-refractivity contribution in [3.05, 3.63) is 0 Å². The minimum Gasteiger partial charge on any atom is -0.258 e. The number of rotatable bonds is 0. The van der Waals surface area contributed by atoms with E-state index in [1.54, 1.807) is 0 Å². The summed E-state index contributed by atoms with van der Waals surface area (Å²) < 4.78 is 0. The Morgan fingerprint density at radius 2 is 1.25 bits per heavy atom. The fourth-order valence-corrected chi connectivity index (χ4v) is 0.780. The molecule has 3 heteroatoms. The highest BCUT2D eigenvalue weighted by atomic mass is 32.1. The Morgan fingerprint density at radius 3 is 1.75 bits per heavy atom. The van der Waals surface area contributed by atoms with Gasteiger partial charge >= 0.3 is 0 Å². The fourth-order valence-electron chi connectivity index (χ4n) is 0.780. The van der Waals surface area contributed by atoms with Gasteiger partial charge in [-0.05, 0) is 12.8 Å². The van der Waals surface area contributed by atoms with Crippen LogP contribution in [0.3, 0.4) is 0 Å². The third kappa shape index (κ3) is 3.29. The summed E-state index contributed by atoms with van der Waals surface area (Å²) in [6.45, 7) is 2.28. The van der Waals surface area contributed by atoms with Crippen LogP contribution < -0.4 is 10.9 Å². The van der Waals surface area contributed by atoms with Gasteiger partial charge in [0.25, 0.3) is 0 Å². The Hall–Kier alpha value is 0.270. The molecule has 2 radical (unpaired) electrons. The van der Waals surface area contributed by atoms with Gasteiger partial charge in [0.1, 0.15) is 0 Å². The molecule has 1 aliphatic rings. The highest BCUT2D eigenvalue weighted by molar-refractivity contribution is 7.59. The van der Waals surface area contributed by atoms with Crippen molar-refractivity contribution < 1.29 is 0 Å². The van der Waals surface area contributed by atoms with Crippen LogP contribution >= 0.6 is 13.5 Å². The van der Waals surface area contributed by atoms with Gasteiger partial charge in [0.2, 0.25) is 0 Å². The first-order valence-electron chi connectivity index (χ1n) is 2.96. The van der Waals surface area contributed by atoms with Crippen LogP contribution in [0, 0.1) is 0 Å². The topological polar surface area (TPSA) is 24.1 Å². The van der Waals surface area contributed by atoms with E-state index in [-0.39, 0.29) is 13.5 Å². The zero-order valence-electron chi connectivity index (χ0n) is 4.94. The molecule has 48 valence electrons. The van der Waals surface area contributed by atoms with Gasteiger partial charge in [-0.1, -0.05) is 6.42 Å². The summed E-state index contributed by atoms with van der Waals surface area (Å²) in [4.78, 5) is 0. The molecule has 0 atom stereocenters. The van der Waals surface area contributed by atoms with Crippen molar-refractivity contribution in [2.24, 2.45) is 0 Å². The molecule has 0 amide bonds. The molecule has 1 heterocycles. The lowest BCUT2D eigenvalue weighted by Gasteiger charge is -1.95. The van der Waals surface area contributed by atoms with Crippen molar-refractivity contribution in [3.63, 3.8) is 0 Å². The highest BCUT2D eigenvalue weighted by Gasteiger charge is 1.92. The zero-order chi connectivity index (χ0) is 4.95. The van der Waals surface area contributed by atoms with Crippen LogP contribution in [0.1, 0.15) is 19.3 Å². The van der Waals surface area contributed by atoms with Crippen molar-refractivity contribution in [3.8, 4) is 0 Å². The molecule has 0 bridgehead atoms. The Morgan fingerprint density at radius 1 is 0.750 bits per heavy atom. The second kappa shape index (κ2) is 5.41. The van der Waals surface area contributed by atoms with Gasteiger partial charge < -0.3 is 0 Å². The van der Waals surface area contributed by atoms with Crippen LogP contribution in [0.2, 0.25) is 0 Å². The van der Waals surface area contributed by atoms with Gasteiger partial charge in [-0.2, -0.15) is 0 Å². The Balaban J connectivity index is 0.000000490. The molecule has 1 fully saturated rings. The quantitative estimate of drug-likeness (QED) is 0.512. The molecule has 0 aliphatic carbocycles. The Kier molecular flexibility index (Phi) is 5.59. The molecular weight excluding hydrogens is 120 g/mol. The van der Waals surface area contributed by atoms with Crippen LogP contribution in [-0.2, 0) is 0 Å². The van der Waals surface area contributed by atoms with E-state index < -0.39 is 0 Å². The number of hydrogen-bond donors (Lipinski definition) is 2. The molecule has 0 unspecified atom stereocenters. The number of hydrazine groups is 1. The first-order valence-corrected chi connectivity index (χ1v) is 2.96. The Bertz CT molecular complexity index is 30.0. The minimum atomic E-state index is 0. The molecule has 0 aromatic carbocycles. The lowest BCUT2D eigenvalue weighted by atomic mass is 10.2. The van der Waals surface area contributed by atoms with Crippen LogP contribution in [0.15, 0.2) is 0 Å². The van der Waals surface area contributed by atoms with Gasteiger partial charge in [0.05, 0.1) is 0 Å². The molecule has 1 aliphatic heterocycles. The maximum Gasteiger partial charge on any atom is 0.00997 e. The monoisotopic (exact) mass is 132 g/mol. The van der Waals surface area contributed by atoms with Gasteiger partial charge in [0, 0.05) is 26.6 Å². The van der Waals surface area contributed by atoms with E-state index in [0.717, 1.165) is 13.1 Å². The first-order chi connectivity index (χ1) is 3.50. The lowest BCUT2D eigenvalue weighted by molar-refractivity contribution is 0.573.